The summed E-state index contributed by atoms with van der Waals surface area (Å²) in [5.41, 5.74) is 13.0. The fourth-order valence-corrected chi connectivity index (χ4v) is 3.60. The van der Waals surface area contributed by atoms with Gasteiger partial charge in [-0.15, -0.1) is 5.10 Å². The molecule has 0 aliphatic carbocycles. The molecule has 0 radical (unpaired) electrons. The molecule has 1 aromatic heterocycles. The first-order valence-electron chi connectivity index (χ1n) is 9.16. The number of hydrazone groups is 1. The number of hydrogen-bond donors (Lipinski definition) is 1. The van der Waals surface area contributed by atoms with Crippen LogP contribution < -0.4 is 5.73 Å². The Morgan fingerprint density at radius 3 is 2.21 bits per heavy atom. The molecule has 1 aliphatic rings. The van der Waals surface area contributed by atoms with Gasteiger partial charge in [-0.25, -0.2) is 9.69 Å². The van der Waals surface area contributed by atoms with E-state index in [1.165, 1.54) is 11.1 Å². The van der Waals surface area contributed by atoms with E-state index >= 15 is 0 Å². The maximum absolute atomic E-state index is 5.95. The van der Waals surface area contributed by atoms with Crippen LogP contribution in [0.2, 0.25) is 0 Å². The number of benzene rings is 2. The van der Waals surface area contributed by atoms with Crippen LogP contribution >= 0.6 is 12.2 Å². The van der Waals surface area contributed by atoms with Crippen molar-refractivity contribution in [1.82, 2.24) is 20.0 Å². The van der Waals surface area contributed by atoms with Gasteiger partial charge in [0, 0.05) is 6.42 Å². The van der Waals surface area contributed by atoms with Crippen molar-refractivity contribution in [3.8, 4) is 5.69 Å². The van der Waals surface area contributed by atoms with Crippen LogP contribution in [0.5, 0.6) is 0 Å². The molecule has 0 fully saturated rings. The molecular formula is C21H22N6S. The van der Waals surface area contributed by atoms with E-state index in [2.05, 4.69) is 65.7 Å². The molecule has 0 saturated carbocycles. The summed E-state index contributed by atoms with van der Waals surface area (Å²) < 4.78 is 1.83. The predicted octanol–water partition coefficient (Wildman–Crippen LogP) is 3.59. The number of nitrogens with zero attached hydrogens (tertiary/aromatic N) is 5. The van der Waals surface area contributed by atoms with Crippen LogP contribution in [0.3, 0.4) is 0 Å². The van der Waals surface area contributed by atoms with E-state index in [1.807, 2.05) is 23.7 Å². The van der Waals surface area contributed by atoms with Crippen molar-refractivity contribution < 1.29 is 0 Å². The van der Waals surface area contributed by atoms with Gasteiger partial charge in [0.25, 0.3) is 0 Å². The zero-order valence-electron chi connectivity index (χ0n) is 16.1. The van der Waals surface area contributed by atoms with Crippen molar-refractivity contribution in [2.24, 2.45) is 10.8 Å². The highest BCUT2D eigenvalue weighted by Crippen LogP contribution is 2.33. The highest BCUT2D eigenvalue weighted by Gasteiger charge is 2.32. The highest BCUT2D eigenvalue weighted by atomic mass is 32.1. The molecule has 2 heterocycles. The number of hydrogen-bond acceptors (Lipinski definition) is 4. The zero-order chi connectivity index (χ0) is 19.8. The lowest BCUT2D eigenvalue weighted by atomic mass is 9.99. The summed E-state index contributed by atoms with van der Waals surface area (Å²) in [5, 5.41) is 15.4. The number of aromatic nitrogens is 3. The second kappa shape index (κ2) is 7.16. The summed E-state index contributed by atoms with van der Waals surface area (Å²) in [5.74, 6) is 0. The molecule has 7 heteroatoms. The van der Waals surface area contributed by atoms with Gasteiger partial charge in [0.1, 0.15) is 5.69 Å². The largest absolute Gasteiger partial charge is 0.375 e. The van der Waals surface area contributed by atoms with E-state index in [1.54, 1.807) is 5.01 Å². The van der Waals surface area contributed by atoms with Gasteiger partial charge in [-0.3, -0.25) is 0 Å². The summed E-state index contributed by atoms with van der Waals surface area (Å²) in [6.07, 6.45) is 0.674. The van der Waals surface area contributed by atoms with Crippen molar-refractivity contribution in [2.45, 2.75) is 33.2 Å². The minimum atomic E-state index is -0.0305. The van der Waals surface area contributed by atoms with Crippen LogP contribution in [-0.4, -0.2) is 30.8 Å². The van der Waals surface area contributed by atoms with Gasteiger partial charge in [0.15, 0.2) is 5.11 Å². The zero-order valence-corrected chi connectivity index (χ0v) is 16.9. The molecule has 1 aliphatic heterocycles. The Bertz CT molecular complexity index is 1050. The molecule has 28 heavy (non-hydrogen) atoms. The molecule has 2 aromatic carbocycles. The van der Waals surface area contributed by atoms with Gasteiger partial charge in [0.2, 0.25) is 0 Å². The number of nitrogens with two attached hydrogens (primary N) is 1. The molecule has 3 aromatic rings. The topological polar surface area (TPSA) is 72.3 Å². The third-order valence-corrected chi connectivity index (χ3v) is 5.23. The molecule has 2 N–H and O–H groups in total. The quantitative estimate of drug-likeness (QED) is 0.692. The van der Waals surface area contributed by atoms with Crippen LogP contribution in [0.15, 0.2) is 53.6 Å². The molecule has 6 nitrogen and oxygen atoms in total. The van der Waals surface area contributed by atoms with Crippen LogP contribution in [0.25, 0.3) is 5.69 Å². The van der Waals surface area contributed by atoms with Crippen LogP contribution in [0.1, 0.15) is 40.5 Å². The summed E-state index contributed by atoms with van der Waals surface area (Å²) in [4.78, 5) is 0. The van der Waals surface area contributed by atoms with Crippen molar-refractivity contribution in [1.29, 1.82) is 0 Å². The predicted molar refractivity (Wildman–Crippen MR) is 115 cm³/mol. The maximum Gasteiger partial charge on any atom is 0.187 e. The smallest absolute Gasteiger partial charge is 0.187 e. The molecule has 0 bridgehead atoms. The number of rotatable bonds is 3. The SMILES string of the molecule is Cc1ccc([C@H]2CC(c3nnn(-c4ccc(C)cc4)c3C)=NN2C(N)=S)cc1. The monoisotopic (exact) mass is 390 g/mol. The van der Waals surface area contributed by atoms with Crippen LogP contribution in [0, 0.1) is 20.8 Å². The third-order valence-electron chi connectivity index (χ3n) is 5.04. The van der Waals surface area contributed by atoms with E-state index in [-0.39, 0.29) is 11.2 Å². The first kappa shape index (κ1) is 18.3. The van der Waals surface area contributed by atoms with Crippen LogP contribution in [0.4, 0.5) is 0 Å². The number of thiocarbonyl (C=S) groups is 1. The lowest BCUT2D eigenvalue weighted by molar-refractivity contribution is 0.372. The lowest BCUT2D eigenvalue weighted by Gasteiger charge is -2.21. The normalized spacial score (nSPS) is 16.3. The minimum Gasteiger partial charge on any atom is -0.375 e. The van der Waals surface area contributed by atoms with Crippen molar-refractivity contribution in [3.63, 3.8) is 0 Å². The second-order valence-electron chi connectivity index (χ2n) is 7.13. The van der Waals surface area contributed by atoms with Crippen molar-refractivity contribution >= 4 is 23.0 Å². The molecule has 0 spiro atoms. The Labute approximate surface area is 169 Å². The fourth-order valence-electron chi connectivity index (χ4n) is 3.43. The van der Waals surface area contributed by atoms with E-state index in [0.717, 1.165) is 28.4 Å². The summed E-state index contributed by atoms with van der Waals surface area (Å²) >= 11 is 5.24. The Morgan fingerprint density at radius 1 is 1.00 bits per heavy atom. The molecule has 1 atom stereocenters. The van der Waals surface area contributed by atoms with Gasteiger partial charge in [-0.1, -0.05) is 52.7 Å². The van der Waals surface area contributed by atoms with Gasteiger partial charge in [-0.2, -0.15) is 5.10 Å². The van der Waals surface area contributed by atoms with E-state index in [0.29, 0.717) is 6.42 Å². The summed E-state index contributed by atoms with van der Waals surface area (Å²) in [6.45, 7) is 6.13. The van der Waals surface area contributed by atoms with Crippen molar-refractivity contribution in [2.75, 3.05) is 0 Å². The van der Waals surface area contributed by atoms with Crippen LogP contribution in [-0.2, 0) is 0 Å². The average Bonchev–Trinajstić information content (AvgIpc) is 3.27. The second-order valence-corrected chi connectivity index (χ2v) is 7.55. The average molecular weight is 391 g/mol. The number of aryl methyl sites for hydroxylation is 2. The first-order valence-corrected chi connectivity index (χ1v) is 9.57. The third kappa shape index (κ3) is 3.29. The molecule has 4 rings (SSSR count). The Morgan fingerprint density at radius 2 is 1.61 bits per heavy atom. The minimum absolute atomic E-state index is 0.0305. The molecule has 0 unspecified atom stereocenters. The summed E-state index contributed by atoms with van der Waals surface area (Å²) in [7, 11) is 0. The standard InChI is InChI=1S/C21H22N6S/c1-13-4-8-16(9-5-13)19-12-18(24-27(19)21(22)28)20-15(3)26(25-23-20)17-10-6-14(2)7-11-17/h4-11,19H,12H2,1-3H3,(H2,22,28)/t19-/m1/s1. The van der Waals surface area contributed by atoms with E-state index < -0.39 is 0 Å². The first-order chi connectivity index (χ1) is 13.4. The lowest BCUT2D eigenvalue weighted by Crippen LogP contribution is -2.31. The molecule has 0 saturated heterocycles. The van der Waals surface area contributed by atoms with Gasteiger partial charge < -0.3 is 5.73 Å². The van der Waals surface area contributed by atoms with Gasteiger partial charge in [0.05, 0.1) is 23.1 Å². The summed E-state index contributed by atoms with van der Waals surface area (Å²) in [6, 6.07) is 16.5. The Balaban J connectivity index is 1.68. The Kier molecular flexibility index (Phi) is 4.68. The fraction of sp³-hybridized carbons (Fsp3) is 0.238. The van der Waals surface area contributed by atoms with Crippen molar-refractivity contribution in [3.05, 3.63) is 76.6 Å². The highest BCUT2D eigenvalue weighted by molar-refractivity contribution is 7.80. The Hall–Kier alpha value is -3.06. The maximum atomic E-state index is 5.95. The van der Waals surface area contributed by atoms with E-state index in [4.69, 9.17) is 18.0 Å². The molecular weight excluding hydrogens is 368 g/mol. The van der Waals surface area contributed by atoms with Gasteiger partial charge in [-0.05, 0) is 50.7 Å². The van der Waals surface area contributed by atoms with E-state index in [9.17, 15) is 0 Å². The van der Waals surface area contributed by atoms with Gasteiger partial charge >= 0.3 is 0 Å². The molecule has 142 valence electrons. The molecule has 0 amide bonds.